The summed E-state index contributed by atoms with van der Waals surface area (Å²) in [7, 11) is 2.40. The molecule has 4 aromatic rings. The molecule has 0 atom stereocenters. The maximum atomic E-state index is 14.3. The number of carboxylic acids is 1. The van der Waals surface area contributed by atoms with E-state index in [0.29, 0.717) is 98.8 Å². The van der Waals surface area contributed by atoms with Crippen LogP contribution in [-0.2, 0) is 62.9 Å². The van der Waals surface area contributed by atoms with Crippen molar-refractivity contribution in [3.63, 3.8) is 0 Å². The molecule has 2 amide bonds. The minimum absolute atomic E-state index is 0. The molecular weight excluding hydrogens is 948 g/mol. The third-order valence-corrected chi connectivity index (χ3v) is 13.8. The van der Waals surface area contributed by atoms with Crippen molar-refractivity contribution in [3.8, 4) is 0 Å². The van der Waals surface area contributed by atoms with Crippen molar-refractivity contribution < 1.29 is 77.9 Å². The predicted octanol–water partition coefficient (Wildman–Crippen LogP) is 2.73. The van der Waals surface area contributed by atoms with Crippen LogP contribution in [0, 0.1) is 37.3 Å². The number of carboxylic acid groups (broad SMARTS) is 1. The van der Waals surface area contributed by atoms with Gasteiger partial charge in [0.2, 0.25) is 11.8 Å². The Labute approximate surface area is 434 Å². The average molecular weight is 1010 g/mol. The summed E-state index contributed by atoms with van der Waals surface area (Å²) < 4.78 is 37.0. The summed E-state index contributed by atoms with van der Waals surface area (Å²) in [6, 6.07) is 9.31. The Bertz CT molecular complexity index is 2390. The van der Waals surface area contributed by atoms with Crippen molar-refractivity contribution in [1.29, 1.82) is 0 Å². The molecule has 16 nitrogen and oxygen atoms in total. The Morgan fingerprint density at radius 3 is 1.43 bits per heavy atom. The number of aryl methyl sites for hydroxylation is 2. The molecule has 2 fully saturated rings. The minimum atomic E-state index is -0.811. The molecule has 4 aliphatic heterocycles. The zero-order valence-corrected chi connectivity index (χ0v) is 43.7. The second-order valence-electron chi connectivity index (χ2n) is 17.8. The Morgan fingerprint density at radius 1 is 0.681 bits per heavy atom. The van der Waals surface area contributed by atoms with Crippen LogP contribution in [0.2, 0.25) is 10.0 Å². The quantitative estimate of drug-likeness (QED) is 0.156. The van der Waals surface area contributed by atoms with Gasteiger partial charge in [0.1, 0.15) is 11.6 Å². The maximum Gasteiger partial charge on any atom is 1.00 e. The van der Waals surface area contributed by atoms with Gasteiger partial charge in [0.25, 0.3) is 0 Å². The molecule has 2 aromatic heterocycles. The first-order valence-corrected chi connectivity index (χ1v) is 23.6. The zero-order chi connectivity index (χ0) is 48.4. The van der Waals surface area contributed by atoms with Gasteiger partial charge in [-0.15, -0.1) is 0 Å². The fourth-order valence-electron chi connectivity index (χ4n) is 9.55. The van der Waals surface area contributed by atoms with Gasteiger partial charge in [-0.05, 0) is 126 Å². The van der Waals surface area contributed by atoms with Gasteiger partial charge in [-0.25, -0.2) is 8.78 Å². The number of fused-ring (bicyclic) bond motifs is 2. The molecule has 0 saturated carbocycles. The van der Waals surface area contributed by atoms with Crippen molar-refractivity contribution in [2.24, 2.45) is 11.8 Å². The molecule has 372 valence electrons. The van der Waals surface area contributed by atoms with Crippen molar-refractivity contribution in [2.45, 2.75) is 91.4 Å². The van der Waals surface area contributed by atoms with Crippen LogP contribution in [0.5, 0.6) is 0 Å². The number of methoxy groups -OCH3 is 1. The van der Waals surface area contributed by atoms with E-state index < -0.39 is 5.97 Å². The Balaban J connectivity index is 0.000000282. The number of piperidine rings is 2. The summed E-state index contributed by atoms with van der Waals surface area (Å²) in [5.74, 6) is -0.881. The molecule has 0 unspecified atom stereocenters. The number of halogens is 4. The number of esters is 1. The number of benzene rings is 2. The number of aliphatic hydroxyl groups excluding tert-OH is 1. The molecule has 69 heavy (non-hydrogen) atoms. The third-order valence-electron chi connectivity index (χ3n) is 13.3. The molecule has 0 aliphatic carbocycles. The Hall–Kier alpha value is -3.98. The fraction of sp³-hybridized carbons (Fsp3) is 0.542. The number of likely N-dealkylation sites (tertiary alicyclic amines) is 2. The van der Waals surface area contributed by atoms with Crippen LogP contribution < -0.4 is 29.6 Å². The molecule has 2 saturated heterocycles. The number of aliphatic carboxylic acids is 1. The van der Waals surface area contributed by atoms with E-state index in [2.05, 4.69) is 15.1 Å². The summed E-state index contributed by atoms with van der Waals surface area (Å²) >= 11 is 11.7. The Kier molecular flexibility index (Phi) is 22.5. The molecule has 6 heterocycles. The summed E-state index contributed by atoms with van der Waals surface area (Å²) in [4.78, 5) is 56.2. The van der Waals surface area contributed by atoms with Gasteiger partial charge in [0.15, 0.2) is 0 Å². The zero-order valence-electron chi connectivity index (χ0n) is 40.2. The number of hydrogen-bond donors (Lipinski definition) is 2. The molecule has 0 radical (unpaired) electrons. The van der Waals surface area contributed by atoms with Gasteiger partial charge in [-0.1, -0.05) is 35.3 Å². The predicted molar refractivity (Wildman–Crippen MR) is 250 cm³/mol. The van der Waals surface area contributed by atoms with E-state index in [9.17, 15) is 28.0 Å². The number of aromatic nitrogens is 4. The summed E-state index contributed by atoms with van der Waals surface area (Å²) in [6.07, 6.45) is 5.97. The maximum absolute atomic E-state index is 14.3. The van der Waals surface area contributed by atoms with Gasteiger partial charge in [0.05, 0.1) is 69.2 Å². The molecule has 21 heteroatoms. The van der Waals surface area contributed by atoms with E-state index in [1.54, 1.807) is 28.9 Å². The third kappa shape index (κ3) is 15.5. The van der Waals surface area contributed by atoms with Gasteiger partial charge >= 0.3 is 41.5 Å². The number of nitrogens with zero attached hydrogens (tertiary/aromatic N) is 8. The number of aliphatic hydroxyl groups is 1. The molecule has 0 bridgehead atoms. The van der Waals surface area contributed by atoms with E-state index in [1.807, 2.05) is 33.2 Å². The first-order chi connectivity index (χ1) is 32.1. The standard InChI is InChI=1S/C24H30ClFN4O3.C23H28ClFN4O3.CH4O.Na.H2O/c1-16-20-7-10-29(23(31)11-17-5-8-28(9-6-17)15-24(32)33-2)14-22(20)30(27-16)13-18-3-4-19(25)12-21(18)26;1-15-19-6-9-28(22(30)10-16-4-7-27(8-5-16)14-23(31)32)13-21(19)29(26-15)12-17-2-3-18(24)11-20(17)25;1-2;;/h3-4,12,17H,5-11,13-15H2,1-2H3;2-3,11,16H,4-10,12-14H2,1H3,(H,31,32);2H,1H3;;1H2/q;;;+1;/p-1. The molecule has 8 rings (SSSR count). The molecule has 4 aliphatic rings. The SMILES string of the molecule is CO.COC(=O)CN1CCC(CC(=O)N2CCc3c(C)nn(Cc4ccc(Cl)cc4F)c3C2)CC1.Cc1nn(Cc2ccc(Cl)cc2F)c2c1CCN(C(=O)CC1CCN(CC(=O)O)CC1)C2.[Na+].[OH-]. The van der Waals surface area contributed by atoms with Crippen LogP contribution in [0.25, 0.3) is 0 Å². The second-order valence-corrected chi connectivity index (χ2v) is 18.6. The number of carbonyl (C=O) groups excluding carboxylic acids is 3. The first kappa shape index (κ1) is 57.6. The van der Waals surface area contributed by atoms with E-state index in [0.717, 1.165) is 92.6 Å². The van der Waals surface area contributed by atoms with E-state index in [4.69, 9.17) is 38.2 Å². The average Bonchev–Trinajstić information content (AvgIpc) is 3.80. The van der Waals surface area contributed by atoms with E-state index in [-0.39, 0.29) is 76.9 Å². The summed E-state index contributed by atoms with van der Waals surface area (Å²) in [5.41, 5.74) is 7.14. The van der Waals surface area contributed by atoms with Crippen LogP contribution in [-0.4, -0.2) is 145 Å². The van der Waals surface area contributed by atoms with Crippen LogP contribution in [0.3, 0.4) is 0 Å². The molecular formula is C48H63Cl2F2N8NaO8. The van der Waals surface area contributed by atoms with E-state index in [1.165, 1.54) is 19.2 Å². The van der Waals surface area contributed by atoms with Crippen LogP contribution in [0.15, 0.2) is 36.4 Å². The Morgan fingerprint density at radius 2 is 1.07 bits per heavy atom. The fourth-order valence-corrected chi connectivity index (χ4v) is 9.87. The monoisotopic (exact) mass is 1010 g/mol. The second kappa shape index (κ2) is 27.0. The summed E-state index contributed by atoms with van der Waals surface area (Å²) in [6.45, 7) is 10.2. The minimum Gasteiger partial charge on any atom is -0.870 e. The number of hydrogen-bond acceptors (Lipinski definition) is 11. The smallest absolute Gasteiger partial charge is 0.870 e. The number of carbonyl (C=O) groups is 4. The van der Waals surface area contributed by atoms with E-state index >= 15 is 0 Å². The van der Waals surface area contributed by atoms with Crippen LogP contribution >= 0.6 is 23.2 Å². The van der Waals surface area contributed by atoms with Gasteiger partial charge in [-0.3, -0.25) is 38.3 Å². The largest absolute Gasteiger partial charge is 1.00 e. The van der Waals surface area contributed by atoms with Crippen LogP contribution in [0.1, 0.15) is 83.6 Å². The molecule has 3 N–H and O–H groups in total. The van der Waals surface area contributed by atoms with Crippen molar-refractivity contribution in [3.05, 3.63) is 103 Å². The number of ether oxygens (including phenoxy) is 1. The topological polar surface area (TPSA) is 197 Å². The number of rotatable bonds is 12. The van der Waals surface area contributed by atoms with Crippen molar-refractivity contribution in [2.75, 3.05) is 66.6 Å². The summed E-state index contributed by atoms with van der Waals surface area (Å²) in [5, 5.41) is 25.9. The molecule has 0 spiro atoms. The van der Waals surface area contributed by atoms with Gasteiger partial charge < -0.3 is 30.2 Å². The van der Waals surface area contributed by atoms with Gasteiger partial charge in [0, 0.05) is 54.2 Å². The van der Waals surface area contributed by atoms with Crippen molar-refractivity contribution in [1.82, 2.24) is 39.2 Å². The number of amides is 2. The van der Waals surface area contributed by atoms with Crippen molar-refractivity contribution >= 4 is 47.0 Å². The first-order valence-electron chi connectivity index (χ1n) is 22.9. The molecule has 2 aromatic carbocycles. The van der Waals surface area contributed by atoms with Crippen LogP contribution in [0.4, 0.5) is 8.78 Å². The van der Waals surface area contributed by atoms with Gasteiger partial charge in [-0.2, -0.15) is 10.2 Å². The normalized spacial score (nSPS) is 16.4.